The van der Waals surface area contributed by atoms with Crippen molar-refractivity contribution in [1.29, 1.82) is 0 Å². The van der Waals surface area contributed by atoms with E-state index < -0.39 is 0 Å². The third-order valence-corrected chi connectivity index (χ3v) is 4.04. The largest absolute Gasteiger partial charge is 0.332 e. The van der Waals surface area contributed by atoms with E-state index in [9.17, 15) is 0 Å². The summed E-state index contributed by atoms with van der Waals surface area (Å²) in [6, 6.07) is 23.9. The molecule has 0 bridgehead atoms. The van der Waals surface area contributed by atoms with Crippen LogP contribution in [0.1, 0.15) is 0 Å². The van der Waals surface area contributed by atoms with Crippen LogP contribution >= 0.6 is 12.2 Å². The lowest BCUT2D eigenvalue weighted by Crippen LogP contribution is -2.18. The first-order valence-electron chi connectivity index (χ1n) is 7.95. The number of para-hydroxylation sites is 1. The zero-order valence-electron chi connectivity index (χ0n) is 13.4. The van der Waals surface area contributed by atoms with Gasteiger partial charge in [0.1, 0.15) is 5.65 Å². The van der Waals surface area contributed by atoms with Gasteiger partial charge in [0.15, 0.2) is 5.11 Å². The minimum atomic E-state index is 0.562. The van der Waals surface area contributed by atoms with Crippen LogP contribution in [-0.2, 0) is 0 Å². The molecule has 0 amide bonds. The van der Waals surface area contributed by atoms with E-state index >= 15 is 0 Å². The molecule has 2 aromatic heterocycles. The molecule has 5 heteroatoms. The second kappa shape index (κ2) is 6.75. The molecule has 4 nitrogen and oxygen atoms in total. The molecule has 122 valence electrons. The van der Waals surface area contributed by atoms with Crippen LogP contribution in [0, 0.1) is 0 Å². The second-order valence-electron chi connectivity index (χ2n) is 5.61. The Balaban J connectivity index is 1.47. The molecule has 0 aliphatic carbocycles. The first kappa shape index (κ1) is 15.4. The average Bonchev–Trinajstić information content (AvgIpc) is 3.07. The molecule has 0 radical (unpaired) electrons. The monoisotopic (exact) mass is 344 g/mol. The number of benzene rings is 2. The number of nitrogens with one attached hydrogen (secondary N) is 2. The molecule has 0 saturated carbocycles. The van der Waals surface area contributed by atoms with Crippen LogP contribution in [0.15, 0.2) is 85.2 Å². The molecule has 0 aliphatic heterocycles. The van der Waals surface area contributed by atoms with Crippen molar-refractivity contribution < 1.29 is 0 Å². The Kier molecular flexibility index (Phi) is 4.14. The Morgan fingerprint density at radius 1 is 0.800 bits per heavy atom. The molecule has 0 spiro atoms. The fourth-order valence-electron chi connectivity index (χ4n) is 2.61. The third-order valence-electron chi connectivity index (χ3n) is 3.83. The molecule has 2 heterocycles. The standard InChI is InChI=1S/C20H16N4S/c25-20(21-16-6-2-1-3-7-16)22-17-11-9-15(10-12-17)18-14-24-13-5-4-8-19(24)23-18/h1-14H,(H2,21,22,25). The Morgan fingerprint density at radius 2 is 1.48 bits per heavy atom. The van der Waals surface area contributed by atoms with E-state index in [4.69, 9.17) is 12.2 Å². The number of thiocarbonyl (C=S) groups is 1. The van der Waals surface area contributed by atoms with E-state index in [1.165, 1.54) is 0 Å². The molecule has 2 N–H and O–H groups in total. The maximum absolute atomic E-state index is 5.35. The van der Waals surface area contributed by atoms with Crippen molar-refractivity contribution in [2.45, 2.75) is 0 Å². The van der Waals surface area contributed by atoms with Crippen molar-refractivity contribution in [1.82, 2.24) is 9.38 Å². The summed E-state index contributed by atoms with van der Waals surface area (Å²) in [6.45, 7) is 0. The topological polar surface area (TPSA) is 41.4 Å². The van der Waals surface area contributed by atoms with Gasteiger partial charge < -0.3 is 15.0 Å². The minimum Gasteiger partial charge on any atom is -0.332 e. The third kappa shape index (κ3) is 3.51. The summed E-state index contributed by atoms with van der Waals surface area (Å²) in [7, 11) is 0. The van der Waals surface area contributed by atoms with Gasteiger partial charge in [0, 0.05) is 29.3 Å². The van der Waals surface area contributed by atoms with E-state index in [-0.39, 0.29) is 0 Å². The van der Waals surface area contributed by atoms with Crippen molar-refractivity contribution in [2.75, 3.05) is 10.6 Å². The molecular formula is C20H16N4S. The predicted octanol–water partition coefficient (Wildman–Crippen LogP) is 4.81. The number of imidazole rings is 1. The van der Waals surface area contributed by atoms with E-state index in [0.29, 0.717) is 5.11 Å². The highest BCUT2D eigenvalue weighted by atomic mass is 32.1. The summed E-state index contributed by atoms with van der Waals surface area (Å²) in [4.78, 5) is 4.63. The van der Waals surface area contributed by atoms with Gasteiger partial charge in [0.25, 0.3) is 0 Å². The van der Waals surface area contributed by atoms with Gasteiger partial charge in [0.2, 0.25) is 0 Å². The number of pyridine rings is 1. The van der Waals surface area contributed by atoms with Gasteiger partial charge in [-0.15, -0.1) is 0 Å². The minimum absolute atomic E-state index is 0.562. The molecule has 2 aromatic carbocycles. The van der Waals surface area contributed by atoms with Gasteiger partial charge in [-0.05, 0) is 48.6 Å². The first-order valence-corrected chi connectivity index (χ1v) is 8.36. The van der Waals surface area contributed by atoms with Crippen LogP contribution in [-0.4, -0.2) is 14.5 Å². The fraction of sp³-hybridized carbons (Fsp3) is 0. The number of hydrogen-bond acceptors (Lipinski definition) is 2. The molecule has 4 rings (SSSR count). The molecule has 0 atom stereocenters. The lowest BCUT2D eigenvalue weighted by molar-refractivity contribution is 1.19. The van der Waals surface area contributed by atoms with Crippen molar-refractivity contribution in [2.24, 2.45) is 0 Å². The molecule has 0 aliphatic rings. The zero-order valence-corrected chi connectivity index (χ0v) is 14.2. The van der Waals surface area contributed by atoms with Gasteiger partial charge in [-0.1, -0.05) is 36.4 Å². The van der Waals surface area contributed by atoms with Crippen LogP contribution in [0.5, 0.6) is 0 Å². The number of anilines is 2. The van der Waals surface area contributed by atoms with Crippen LogP contribution < -0.4 is 10.6 Å². The molecule has 0 fully saturated rings. The summed E-state index contributed by atoms with van der Waals surface area (Å²) in [5, 5.41) is 6.91. The number of rotatable bonds is 3. The number of fused-ring (bicyclic) bond motifs is 1. The molecular weight excluding hydrogens is 328 g/mol. The molecule has 4 aromatic rings. The van der Waals surface area contributed by atoms with E-state index in [1.54, 1.807) is 0 Å². The van der Waals surface area contributed by atoms with E-state index in [0.717, 1.165) is 28.3 Å². The molecule has 0 saturated heterocycles. The zero-order chi connectivity index (χ0) is 17.1. The summed E-state index contributed by atoms with van der Waals surface area (Å²) in [5.41, 5.74) is 4.84. The number of hydrogen-bond donors (Lipinski definition) is 2. The van der Waals surface area contributed by atoms with Crippen molar-refractivity contribution in [3.05, 3.63) is 85.2 Å². The summed E-state index contributed by atoms with van der Waals surface area (Å²) in [6.07, 6.45) is 4.02. The maximum atomic E-state index is 5.35. The molecule has 25 heavy (non-hydrogen) atoms. The van der Waals surface area contributed by atoms with Crippen molar-refractivity contribution in [3.63, 3.8) is 0 Å². The Labute approximate surface area is 151 Å². The average molecular weight is 344 g/mol. The normalized spacial score (nSPS) is 10.6. The first-order chi connectivity index (χ1) is 12.3. The van der Waals surface area contributed by atoms with Gasteiger partial charge in [-0.2, -0.15) is 0 Å². The van der Waals surface area contributed by atoms with Crippen molar-refractivity contribution in [3.8, 4) is 11.3 Å². The highest BCUT2D eigenvalue weighted by Crippen LogP contribution is 2.21. The van der Waals surface area contributed by atoms with Gasteiger partial charge in [0.05, 0.1) is 5.69 Å². The maximum Gasteiger partial charge on any atom is 0.175 e. The van der Waals surface area contributed by atoms with Gasteiger partial charge >= 0.3 is 0 Å². The van der Waals surface area contributed by atoms with Gasteiger partial charge in [-0.25, -0.2) is 4.98 Å². The SMILES string of the molecule is S=C(Nc1ccccc1)Nc1ccc(-c2cn3ccccc3n2)cc1. The lowest BCUT2D eigenvalue weighted by Gasteiger charge is -2.10. The Hall–Kier alpha value is -3.18. The Morgan fingerprint density at radius 3 is 2.20 bits per heavy atom. The highest BCUT2D eigenvalue weighted by Gasteiger charge is 2.04. The van der Waals surface area contributed by atoms with Crippen LogP contribution in [0.25, 0.3) is 16.9 Å². The smallest absolute Gasteiger partial charge is 0.175 e. The second-order valence-corrected chi connectivity index (χ2v) is 6.02. The van der Waals surface area contributed by atoms with Gasteiger partial charge in [-0.3, -0.25) is 0 Å². The highest BCUT2D eigenvalue weighted by molar-refractivity contribution is 7.80. The lowest BCUT2D eigenvalue weighted by atomic mass is 10.1. The molecule has 0 unspecified atom stereocenters. The summed E-state index contributed by atoms with van der Waals surface area (Å²) < 4.78 is 2.01. The quantitative estimate of drug-likeness (QED) is 0.523. The van der Waals surface area contributed by atoms with Crippen molar-refractivity contribution >= 4 is 34.4 Å². The number of aromatic nitrogens is 2. The van der Waals surface area contributed by atoms with E-state index in [1.807, 2.05) is 89.6 Å². The van der Waals surface area contributed by atoms with Crippen LogP contribution in [0.2, 0.25) is 0 Å². The predicted molar refractivity (Wildman–Crippen MR) is 107 cm³/mol. The number of nitrogens with zero attached hydrogens (tertiary/aromatic N) is 2. The Bertz CT molecular complexity index is 974. The summed E-state index contributed by atoms with van der Waals surface area (Å²) >= 11 is 5.35. The van der Waals surface area contributed by atoms with Crippen LogP contribution in [0.3, 0.4) is 0 Å². The fourth-order valence-corrected chi connectivity index (χ4v) is 2.85. The summed E-state index contributed by atoms with van der Waals surface area (Å²) in [5.74, 6) is 0. The van der Waals surface area contributed by atoms with E-state index in [2.05, 4.69) is 15.6 Å². The van der Waals surface area contributed by atoms with Crippen LogP contribution in [0.4, 0.5) is 11.4 Å².